The lowest BCUT2D eigenvalue weighted by molar-refractivity contribution is 0.107. The SMILES string of the molecule is CNCC(O)COc1ccccc1C(C)(C)C. The molecule has 3 nitrogen and oxygen atoms in total. The van der Waals surface area contributed by atoms with E-state index in [1.165, 1.54) is 0 Å². The van der Waals surface area contributed by atoms with Crippen LogP contribution in [0.3, 0.4) is 0 Å². The minimum Gasteiger partial charge on any atom is -0.491 e. The largest absolute Gasteiger partial charge is 0.491 e. The number of rotatable bonds is 5. The molecule has 0 fully saturated rings. The molecule has 3 heteroatoms. The summed E-state index contributed by atoms with van der Waals surface area (Å²) in [6.07, 6.45) is -0.479. The average Bonchev–Trinajstić information content (AvgIpc) is 2.26. The van der Waals surface area contributed by atoms with Crippen LogP contribution in [0, 0.1) is 0 Å². The van der Waals surface area contributed by atoms with Gasteiger partial charge in [-0.3, -0.25) is 0 Å². The zero-order valence-corrected chi connectivity index (χ0v) is 11.2. The van der Waals surface area contributed by atoms with E-state index in [1.807, 2.05) is 25.2 Å². The van der Waals surface area contributed by atoms with Gasteiger partial charge in [0.15, 0.2) is 0 Å². The van der Waals surface area contributed by atoms with Gasteiger partial charge in [-0.2, -0.15) is 0 Å². The number of aliphatic hydroxyl groups is 1. The highest BCUT2D eigenvalue weighted by atomic mass is 16.5. The Morgan fingerprint density at radius 1 is 1.29 bits per heavy atom. The number of aliphatic hydroxyl groups excluding tert-OH is 1. The smallest absolute Gasteiger partial charge is 0.123 e. The van der Waals surface area contributed by atoms with E-state index in [2.05, 4.69) is 32.2 Å². The van der Waals surface area contributed by atoms with Crippen molar-refractivity contribution in [2.45, 2.75) is 32.3 Å². The van der Waals surface area contributed by atoms with Gasteiger partial charge in [0.05, 0.1) is 0 Å². The Bertz CT molecular complexity index is 344. The first-order valence-electron chi connectivity index (χ1n) is 6.00. The topological polar surface area (TPSA) is 41.5 Å². The quantitative estimate of drug-likeness (QED) is 0.822. The first kappa shape index (κ1) is 14.0. The van der Waals surface area contributed by atoms with Crippen molar-refractivity contribution >= 4 is 0 Å². The molecule has 0 heterocycles. The van der Waals surface area contributed by atoms with Crippen LogP contribution < -0.4 is 10.1 Å². The highest BCUT2D eigenvalue weighted by Gasteiger charge is 2.18. The molecule has 0 saturated heterocycles. The van der Waals surface area contributed by atoms with Gasteiger partial charge in [0.1, 0.15) is 18.5 Å². The number of hydrogen-bond acceptors (Lipinski definition) is 3. The van der Waals surface area contributed by atoms with E-state index in [1.54, 1.807) is 0 Å². The molecule has 1 unspecified atom stereocenters. The molecule has 96 valence electrons. The first-order chi connectivity index (χ1) is 7.95. The van der Waals surface area contributed by atoms with Crippen molar-refractivity contribution in [3.63, 3.8) is 0 Å². The van der Waals surface area contributed by atoms with E-state index in [4.69, 9.17) is 4.74 Å². The summed E-state index contributed by atoms with van der Waals surface area (Å²) in [5, 5.41) is 12.5. The Hall–Kier alpha value is -1.06. The molecule has 1 rings (SSSR count). The zero-order valence-electron chi connectivity index (χ0n) is 11.2. The monoisotopic (exact) mass is 237 g/mol. The van der Waals surface area contributed by atoms with Crippen LogP contribution >= 0.6 is 0 Å². The summed E-state index contributed by atoms with van der Waals surface area (Å²) in [5.41, 5.74) is 1.21. The van der Waals surface area contributed by atoms with Crippen molar-refractivity contribution in [2.75, 3.05) is 20.2 Å². The Balaban J connectivity index is 2.71. The molecule has 0 aliphatic rings. The van der Waals surface area contributed by atoms with Crippen LogP contribution in [0.4, 0.5) is 0 Å². The van der Waals surface area contributed by atoms with Crippen LogP contribution in [-0.4, -0.2) is 31.4 Å². The van der Waals surface area contributed by atoms with Crippen LogP contribution in [0.5, 0.6) is 5.75 Å². The molecule has 0 aliphatic heterocycles. The Kier molecular flexibility index (Phi) is 4.97. The fourth-order valence-electron chi connectivity index (χ4n) is 1.69. The molecule has 0 radical (unpaired) electrons. The lowest BCUT2D eigenvalue weighted by Gasteiger charge is -2.23. The third-order valence-corrected chi connectivity index (χ3v) is 2.57. The van der Waals surface area contributed by atoms with Crippen LogP contribution in [0.1, 0.15) is 26.3 Å². The molecule has 0 saturated carbocycles. The molecule has 2 N–H and O–H groups in total. The molecule has 1 atom stereocenters. The van der Waals surface area contributed by atoms with Crippen molar-refractivity contribution in [1.29, 1.82) is 0 Å². The van der Waals surface area contributed by atoms with Crippen LogP contribution in [0.2, 0.25) is 0 Å². The van der Waals surface area contributed by atoms with Crippen molar-refractivity contribution < 1.29 is 9.84 Å². The summed E-state index contributed by atoms with van der Waals surface area (Å²) in [4.78, 5) is 0. The number of para-hydroxylation sites is 1. The molecule has 1 aromatic carbocycles. The standard InChI is InChI=1S/C14H23NO2/c1-14(2,3)12-7-5-6-8-13(12)17-10-11(16)9-15-4/h5-8,11,15-16H,9-10H2,1-4H3. The summed E-state index contributed by atoms with van der Waals surface area (Å²) in [6.45, 7) is 7.31. The van der Waals surface area contributed by atoms with E-state index in [9.17, 15) is 5.11 Å². The molecule has 0 spiro atoms. The van der Waals surface area contributed by atoms with E-state index < -0.39 is 6.10 Å². The van der Waals surface area contributed by atoms with Gasteiger partial charge in [0.2, 0.25) is 0 Å². The number of likely N-dealkylation sites (N-methyl/N-ethyl adjacent to an activating group) is 1. The minimum atomic E-state index is -0.479. The normalized spacial score (nSPS) is 13.5. The maximum Gasteiger partial charge on any atom is 0.123 e. The highest BCUT2D eigenvalue weighted by Crippen LogP contribution is 2.30. The minimum absolute atomic E-state index is 0.0462. The van der Waals surface area contributed by atoms with Gasteiger partial charge in [-0.05, 0) is 24.1 Å². The molecule has 17 heavy (non-hydrogen) atoms. The molecular weight excluding hydrogens is 214 g/mol. The average molecular weight is 237 g/mol. The summed E-state index contributed by atoms with van der Waals surface area (Å²) in [6, 6.07) is 7.99. The fraction of sp³-hybridized carbons (Fsp3) is 0.571. The lowest BCUT2D eigenvalue weighted by atomic mass is 9.86. The van der Waals surface area contributed by atoms with Gasteiger partial charge in [-0.25, -0.2) is 0 Å². The molecular formula is C14H23NO2. The Morgan fingerprint density at radius 2 is 1.94 bits per heavy atom. The Labute approximate surface area is 104 Å². The van der Waals surface area contributed by atoms with Crippen molar-refractivity contribution in [3.05, 3.63) is 29.8 Å². The molecule has 0 aromatic heterocycles. The molecule has 0 aliphatic carbocycles. The summed E-state index contributed by atoms with van der Waals surface area (Å²) in [5.74, 6) is 0.857. The van der Waals surface area contributed by atoms with Gasteiger partial charge >= 0.3 is 0 Å². The van der Waals surface area contributed by atoms with Crippen molar-refractivity contribution in [3.8, 4) is 5.75 Å². The Morgan fingerprint density at radius 3 is 2.53 bits per heavy atom. The predicted octanol–water partition coefficient (Wildman–Crippen LogP) is 1.94. The van der Waals surface area contributed by atoms with Crippen molar-refractivity contribution in [1.82, 2.24) is 5.32 Å². The predicted molar refractivity (Wildman–Crippen MR) is 70.6 cm³/mol. The number of benzene rings is 1. The van der Waals surface area contributed by atoms with E-state index in [0.29, 0.717) is 13.2 Å². The van der Waals surface area contributed by atoms with Crippen LogP contribution in [0.15, 0.2) is 24.3 Å². The second-order valence-electron chi connectivity index (χ2n) is 5.27. The molecule has 0 bridgehead atoms. The van der Waals surface area contributed by atoms with Crippen LogP contribution in [0.25, 0.3) is 0 Å². The van der Waals surface area contributed by atoms with Gasteiger partial charge < -0.3 is 15.2 Å². The molecule has 1 aromatic rings. The fourth-order valence-corrected chi connectivity index (χ4v) is 1.69. The highest BCUT2D eigenvalue weighted by molar-refractivity contribution is 5.38. The first-order valence-corrected chi connectivity index (χ1v) is 6.00. The number of nitrogens with one attached hydrogen (secondary N) is 1. The maximum atomic E-state index is 9.62. The van der Waals surface area contributed by atoms with E-state index in [-0.39, 0.29) is 5.41 Å². The number of ether oxygens (including phenoxy) is 1. The van der Waals surface area contributed by atoms with Gasteiger partial charge in [-0.1, -0.05) is 39.0 Å². The van der Waals surface area contributed by atoms with Gasteiger partial charge in [0, 0.05) is 6.54 Å². The molecule has 0 amide bonds. The number of hydrogen-bond donors (Lipinski definition) is 2. The van der Waals surface area contributed by atoms with Gasteiger partial charge in [0.25, 0.3) is 0 Å². The summed E-state index contributed by atoms with van der Waals surface area (Å²) in [7, 11) is 1.81. The summed E-state index contributed by atoms with van der Waals surface area (Å²) >= 11 is 0. The van der Waals surface area contributed by atoms with Crippen LogP contribution in [-0.2, 0) is 5.41 Å². The third-order valence-electron chi connectivity index (χ3n) is 2.57. The van der Waals surface area contributed by atoms with E-state index in [0.717, 1.165) is 11.3 Å². The van der Waals surface area contributed by atoms with Gasteiger partial charge in [-0.15, -0.1) is 0 Å². The van der Waals surface area contributed by atoms with E-state index >= 15 is 0 Å². The second kappa shape index (κ2) is 6.03. The maximum absolute atomic E-state index is 9.62. The lowest BCUT2D eigenvalue weighted by Crippen LogP contribution is -2.29. The summed E-state index contributed by atoms with van der Waals surface area (Å²) < 4.78 is 5.69. The third kappa shape index (κ3) is 4.36. The van der Waals surface area contributed by atoms with Crippen molar-refractivity contribution in [2.24, 2.45) is 0 Å². The zero-order chi connectivity index (χ0) is 12.9. The second-order valence-corrected chi connectivity index (χ2v) is 5.27.